The summed E-state index contributed by atoms with van der Waals surface area (Å²) >= 11 is 3.59. The molecule has 13 heavy (non-hydrogen) atoms. The van der Waals surface area contributed by atoms with E-state index in [9.17, 15) is 0 Å². The summed E-state index contributed by atoms with van der Waals surface area (Å²) in [5.74, 6) is 0.747. The highest BCUT2D eigenvalue weighted by Gasteiger charge is 2.17. The molecular weight excluding hydrogens is 226 g/mol. The number of rotatable bonds is 1. The molecule has 0 aromatic carbocycles. The maximum Gasteiger partial charge on any atom is 0.0313 e. The summed E-state index contributed by atoms with van der Waals surface area (Å²) in [6, 6.07) is 2.05. The number of aromatic nitrogens is 1. The fourth-order valence-electron chi connectivity index (χ4n) is 2.10. The van der Waals surface area contributed by atoms with E-state index in [2.05, 4.69) is 20.9 Å². The summed E-state index contributed by atoms with van der Waals surface area (Å²) in [5, 5.41) is 0. The molecule has 0 saturated heterocycles. The lowest BCUT2D eigenvalue weighted by atomic mass is 9.85. The van der Waals surface area contributed by atoms with E-state index in [0.717, 1.165) is 5.92 Å². The minimum Gasteiger partial charge on any atom is -0.264 e. The molecule has 1 aliphatic carbocycles. The van der Waals surface area contributed by atoms with Gasteiger partial charge in [-0.3, -0.25) is 4.98 Å². The van der Waals surface area contributed by atoms with Crippen molar-refractivity contribution in [1.29, 1.82) is 0 Å². The van der Waals surface area contributed by atoms with Crippen molar-refractivity contribution in [3.63, 3.8) is 0 Å². The van der Waals surface area contributed by atoms with Crippen molar-refractivity contribution in [3.8, 4) is 0 Å². The monoisotopic (exact) mass is 239 g/mol. The van der Waals surface area contributed by atoms with Crippen LogP contribution < -0.4 is 0 Å². The molecule has 0 N–H and O–H groups in total. The Morgan fingerprint density at radius 1 is 1.23 bits per heavy atom. The molecule has 1 aromatic rings. The van der Waals surface area contributed by atoms with Crippen LogP contribution in [0.1, 0.15) is 43.6 Å². The average Bonchev–Trinajstić information content (AvgIpc) is 2.20. The van der Waals surface area contributed by atoms with E-state index in [0.29, 0.717) is 0 Å². The molecule has 1 fully saturated rings. The molecule has 0 unspecified atom stereocenters. The molecular formula is C11H14BrN. The van der Waals surface area contributed by atoms with E-state index in [-0.39, 0.29) is 0 Å². The van der Waals surface area contributed by atoms with Gasteiger partial charge in [-0.25, -0.2) is 0 Å². The molecule has 0 radical (unpaired) electrons. The largest absolute Gasteiger partial charge is 0.264 e. The summed E-state index contributed by atoms with van der Waals surface area (Å²) in [4.78, 5) is 4.19. The van der Waals surface area contributed by atoms with Gasteiger partial charge in [-0.15, -0.1) is 0 Å². The third-order valence-electron chi connectivity index (χ3n) is 2.84. The van der Waals surface area contributed by atoms with E-state index in [4.69, 9.17) is 0 Å². The zero-order valence-corrected chi connectivity index (χ0v) is 9.26. The smallest absolute Gasteiger partial charge is 0.0313 e. The van der Waals surface area contributed by atoms with Crippen LogP contribution in [0.15, 0.2) is 22.9 Å². The first kappa shape index (κ1) is 9.20. The Balaban J connectivity index is 2.18. The molecule has 2 heteroatoms. The Kier molecular flexibility index (Phi) is 2.99. The molecule has 0 atom stereocenters. The Bertz CT molecular complexity index is 279. The van der Waals surface area contributed by atoms with Crippen LogP contribution in [-0.2, 0) is 0 Å². The van der Waals surface area contributed by atoms with Gasteiger partial charge >= 0.3 is 0 Å². The number of halogens is 1. The van der Waals surface area contributed by atoms with E-state index >= 15 is 0 Å². The number of hydrogen-bond acceptors (Lipinski definition) is 1. The van der Waals surface area contributed by atoms with Crippen LogP contribution in [0.5, 0.6) is 0 Å². The van der Waals surface area contributed by atoms with Gasteiger partial charge in [-0.1, -0.05) is 35.2 Å². The quantitative estimate of drug-likeness (QED) is 0.725. The molecule has 1 aliphatic rings. The Morgan fingerprint density at radius 2 is 2.00 bits per heavy atom. The van der Waals surface area contributed by atoms with Gasteiger partial charge < -0.3 is 0 Å². The first-order chi connectivity index (χ1) is 6.38. The second kappa shape index (κ2) is 4.23. The van der Waals surface area contributed by atoms with E-state index in [1.54, 1.807) is 0 Å². The van der Waals surface area contributed by atoms with Gasteiger partial charge in [0, 0.05) is 16.9 Å². The van der Waals surface area contributed by atoms with Crippen LogP contribution in [-0.4, -0.2) is 4.98 Å². The van der Waals surface area contributed by atoms with Crippen molar-refractivity contribution in [3.05, 3.63) is 28.5 Å². The van der Waals surface area contributed by atoms with Gasteiger partial charge in [-0.2, -0.15) is 0 Å². The fourth-order valence-corrected chi connectivity index (χ4v) is 2.65. The van der Waals surface area contributed by atoms with Crippen molar-refractivity contribution >= 4 is 15.9 Å². The normalized spacial score (nSPS) is 18.8. The fraction of sp³-hybridized carbons (Fsp3) is 0.545. The zero-order valence-electron chi connectivity index (χ0n) is 7.67. The summed E-state index contributed by atoms with van der Waals surface area (Å²) in [5.41, 5.74) is 1.40. The Hall–Kier alpha value is -0.370. The third-order valence-corrected chi connectivity index (χ3v) is 3.56. The first-order valence-corrected chi connectivity index (χ1v) is 5.76. The van der Waals surface area contributed by atoms with Crippen LogP contribution in [0.4, 0.5) is 0 Å². The molecule has 70 valence electrons. The van der Waals surface area contributed by atoms with Crippen molar-refractivity contribution in [2.75, 3.05) is 0 Å². The lowest BCUT2D eigenvalue weighted by Crippen LogP contribution is -2.05. The number of hydrogen-bond donors (Lipinski definition) is 0. The first-order valence-electron chi connectivity index (χ1n) is 4.97. The summed E-state index contributed by atoms with van der Waals surface area (Å²) in [6.07, 6.45) is 10.7. The average molecular weight is 240 g/mol. The second-order valence-electron chi connectivity index (χ2n) is 3.73. The molecule has 1 heterocycles. The molecule has 0 amide bonds. The predicted molar refractivity (Wildman–Crippen MR) is 57.8 cm³/mol. The van der Waals surface area contributed by atoms with Crippen molar-refractivity contribution in [2.45, 2.75) is 38.0 Å². The van der Waals surface area contributed by atoms with Crippen LogP contribution in [0.3, 0.4) is 0 Å². The van der Waals surface area contributed by atoms with E-state index in [1.807, 2.05) is 18.5 Å². The molecule has 1 nitrogen and oxygen atoms in total. The van der Waals surface area contributed by atoms with Gasteiger partial charge in [0.25, 0.3) is 0 Å². The lowest BCUT2D eigenvalue weighted by molar-refractivity contribution is 0.442. The van der Waals surface area contributed by atoms with Crippen molar-refractivity contribution in [2.24, 2.45) is 0 Å². The predicted octanol–water partition coefficient (Wildman–Crippen LogP) is 3.89. The number of nitrogens with zero attached hydrogens (tertiary/aromatic N) is 1. The second-order valence-corrected chi connectivity index (χ2v) is 4.59. The minimum absolute atomic E-state index is 0.747. The standard InChI is InChI=1S/C11H14BrN/c12-11-6-7-13-8-10(11)9-4-2-1-3-5-9/h6-9H,1-5H2. The molecule has 1 saturated carbocycles. The van der Waals surface area contributed by atoms with Crippen LogP contribution in [0, 0.1) is 0 Å². The Labute approximate surface area is 87.7 Å². The van der Waals surface area contributed by atoms with E-state index in [1.165, 1.54) is 42.1 Å². The van der Waals surface area contributed by atoms with Crippen LogP contribution in [0.25, 0.3) is 0 Å². The zero-order chi connectivity index (χ0) is 9.10. The van der Waals surface area contributed by atoms with Gasteiger partial charge in [0.15, 0.2) is 0 Å². The minimum atomic E-state index is 0.747. The maximum atomic E-state index is 4.19. The molecule has 0 aliphatic heterocycles. The summed E-state index contributed by atoms with van der Waals surface area (Å²) in [6.45, 7) is 0. The molecule has 1 aromatic heterocycles. The highest BCUT2D eigenvalue weighted by atomic mass is 79.9. The van der Waals surface area contributed by atoms with Gasteiger partial charge in [0.2, 0.25) is 0 Å². The lowest BCUT2D eigenvalue weighted by Gasteiger charge is -2.22. The number of pyridine rings is 1. The third kappa shape index (κ3) is 2.11. The molecule has 0 bridgehead atoms. The highest BCUT2D eigenvalue weighted by Crippen LogP contribution is 2.35. The molecule has 0 spiro atoms. The highest BCUT2D eigenvalue weighted by molar-refractivity contribution is 9.10. The van der Waals surface area contributed by atoms with Gasteiger partial charge in [0.1, 0.15) is 0 Å². The summed E-state index contributed by atoms with van der Waals surface area (Å²) < 4.78 is 1.23. The SMILES string of the molecule is Brc1ccncc1C1CCCCC1. The van der Waals surface area contributed by atoms with Gasteiger partial charge in [0.05, 0.1) is 0 Å². The van der Waals surface area contributed by atoms with Crippen LogP contribution >= 0.6 is 15.9 Å². The van der Waals surface area contributed by atoms with Crippen molar-refractivity contribution < 1.29 is 0 Å². The maximum absolute atomic E-state index is 4.19. The molecule has 2 rings (SSSR count). The van der Waals surface area contributed by atoms with Crippen LogP contribution in [0.2, 0.25) is 0 Å². The topological polar surface area (TPSA) is 12.9 Å². The Morgan fingerprint density at radius 3 is 2.69 bits per heavy atom. The van der Waals surface area contributed by atoms with Gasteiger partial charge in [-0.05, 0) is 30.4 Å². The van der Waals surface area contributed by atoms with Crippen molar-refractivity contribution in [1.82, 2.24) is 4.98 Å². The summed E-state index contributed by atoms with van der Waals surface area (Å²) in [7, 11) is 0. The van der Waals surface area contributed by atoms with E-state index < -0.39 is 0 Å².